The van der Waals surface area contributed by atoms with Crippen molar-refractivity contribution in [3.63, 3.8) is 0 Å². The minimum absolute atomic E-state index is 0.0152. The van der Waals surface area contributed by atoms with E-state index in [4.69, 9.17) is 4.74 Å². The van der Waals surface area contributed by atoms with Gasteiger partial charge in [-0.25, -0.2) is 0 Å². The van der Waals surface area contributed by atoms with Crippen molar-refractivity contribution in [3.05, 3.63) is 47.4 Å². The Balaban J connectivity index is 1.73. The van der Waals surface area contributed by atoms with Gasteiger partial charge in [-0.05, 0) is 36.8 Å². The molecular weight excluding hydrogens is 268 g/mol. The predicted octanol–water partition coefficient (Wildman–Crippen LogP) is 3.95. The summed E-state index contributed by atoms with van der Waals surface area (Å²) in [6.07, 6.45) is 2.54. The lowest BCUT2D eigenvalue weighted by atomic mass is 9.77. The van der Waals surface area contributed by atoms with Crippen LogP contribution < -0.4 is 0 Å². The van der Waals surface area contributed by atoms with E-state index in [0.29, 0.717) is 12.5 Å². The number of allylic oxidation sites excluding steroid dienone is 1. The van der Waals surface area contributed by atoms with Gasteiger partial charge < -0.3 is 4.74 Å². The lowest BCUT2D eigenvalue weighted by Gasteiger charge is -2.22. The van der Waals surface area contributed by atoms with Gasteiger partial charge in [0, 0.05) is 15.5 Å². The Hall–Kier alpha value is -1.61. The van der Waals surface area contributed by atoms with Gasteiger partial charge in [-0.3, -0.25) is 4.79 Å². The van der Waals surface area contributed by atoms with Gasteiger partial charge in [-0.2, -0.15) is 0 Å². The molecule has 1 aliphatic carbocycles. The Bertz CT molecular complexity index is 682. The lowest BCUT2D eigenvalue weighted by Crippen LogP contribution is -2.31. The molecule has 0 N–H and O–H groups in total. The molecule has 20 heavy (non-hydrogen) atoms. The maximum absolute atomic E-state index is 12.3. The predicted molar refractivity (Wildman–Crippen MR) is 80.8 cm³/mol. The normalized spacial score (nSPS) is 28.9. The van der Waals surface area contributed by atoms with Crippen LogP contribution in [0, 0.1) is 11.3 Å². The first-order chi connectivity index (χ1) is 9.67. The van der Waals surface area contributed by atoms with Gasteiger partial charge in [0.2, 0.25) is 0 Å². The summed E-state index contributed by atoms with van der Waals surface area (Å²) in [7, 11) is 0. The number of rotatable bonds is 2. The summed E-state index contributed by atoms with van der Waals surface area (Å²) < 4.78 is 6.63. The number of ether oxygens (including phenoxy) is 1. The summed E-state index contributed by atoms with van der Waals surface area (Å²) in [5, 5.41) is 1.27. The van der Waals surface area contributed by atoms with Crippen LogP contribution in [0.4, 0.5) is 0 Å². The molecule has 1 aromatic heterocycles. The minimum Gasteiger partial charge on any atom is -0.465 e. The average Bonchev–Trinajstić information content (AvgIpc) is 3.04. The fourth-order valence-corrected chi connectivity index (χ4v) is 4.89. The van der Waals surface area contributed by atoms with Gasteiger partial charge in [-0.1, -0.05) is 30.4 Å². The highest BCUT2D eigenvalue weighted by atomic mass is 32.1. The Morgan fingerprint density at radius 2 is 2.25 bits per heavy atom. The van der Waals surface area contributed by atoms with E-state index in [1.54, 1.807) is 11.3 Å². The van der Waals surface area contributed by atoms with Crippen LogP contribution in [-0.4, -0.2) is 12.6 Å². The fourth-order valence-electron chi connectivity index (χ4n) is 3.70. The Kier molecular flexibility index (Phi) is 2.55. The van der Waals surface area contributed by atoms with Gasteiger partial charge in [0.05, 0.1) is 12.0 Å². The molecule has 1 saturated heterocycles. The maximum Gasteiger partial charge on any atom is 0.313 e. The molecule has 2 nitrogen and oxygen atoms in total. The van der Waals surface area contributed by atoms with Crippen molar-refractivity contribution in [2.45, 2.75) is 19.3 Å². The van der Waals surface area contributed by atoms with Gasteiger partial charge >= 0.3 is 5.97 Å². The van der Waals surface area contributed by atoms with Gasteiger partial charge in [0.1, 0.15) is 0 Å². The summed E-state index contributed by atoms with van der Waals surface area (Å²) in [6.45, 7) is 4.67. The number of thiophene rings is 1. The van der Waals surface area contributed by atoms with E-state index in [-0.39, 0.29) is 11.4 Å². The molecule has 1 aliphatic heterocycles. The maximum atomic E-state index is 12.3. The van der Waals surface area contributed by atoms with Crippen LogP contribution in [0.5, 0.6) is 0 Å². The van der Waals surface area contributed by atoms with Crippen molar-refractivity contribution in [1.82, 2.24) is 0 Å². The van der Waals surface area contributed by atoms with Crippen LogP contribution in [0.25, 0.3) is 10.1 Å². The molecule has 0 spiro atoms. The molecule has 0 amide bonds. The second-order valence-corrected chi connectivity index (χ2v) is 7.18. The number of carbonyl (C=O) groups excluding carboxylic acids is 1. The smallest absolute Gasteiger partial charge is 0.313 e. The Morgan fingerprint density at radius 1 is 1.40 bits per heavy atom. The van der Waals surface area contributed by atoms with E-state index in [1.807, 2.05) is 0 Å². The fraction of sp³-hybridized carbons (Fsp3) is 0.353. The van der Waals surface area contributed by atoms with Gasteiger partial charge in [0.25, 0.3) is 0 Å². The van der Waals surface area contributed by atoms with Crippen molar-refractivity contribution < 1.29 is 9.53 Å². The van der Waals surface area contributed by atoms with E-state index in [0.717, 1.165) is 19.3 Å². The van der Waals surface area contributed by atoms with Crippen molar-refractivity contribution >= 4 is 27.4 Å². The van der Waals surface area contributed by atoms with E-state index in [2.05, 4.69) is 36.9 Å². The molecule has 1 aromatic carbocycles. The molecule has 0 bridgehead atoms. The van der Waals surface area contributed by atoms with E-state index in [9.17, 15) is 4.79 Å². The molecule has 2 unspecified atom stereocenters. The summed E-state index contributed by atoms with van der Waals surface area (Å²) >= 11 is 1.79. The molecule has 2 aromatic rings. The van der Waals surface area contributed by atoms with E-state index >= 15 is 0 Å². The zero-order valence-electron chi connectivity index (χ0n) is 11.2. The highest BCUT2D eigenvalue weighted by Gasteiger charge is 2.56. The largest absolute Gasteiger partial charge is 0.465 e. The summed E-state index contributed by atoms with van der Waals surface area (Å²) in [5.74, 6) is 0.311. The van der Waals surface area contributed by atoms with Gasteiger partial charge in [0.15, 0.2) is 0 Å². The van der Waals surface area contributed by atoms with Crippen molar-refractivity contribution in [3.8, 4) is 0 Å². The quantitative estimate of drug-likeness (QED) is 0.616. The average molecular weight is 284 g/mol. The van der Waals surface area contributed by atoms with Crippen molar-refractivity contribution in [2.24, 2.45) is 11.3 Å². The molecule has 3 heteroatoms. The standard InChI is InChI=1S/C17H16O2S/c1-11-6-13-10-19-16(18)17(13,8-11)9-14-7-12-4-2-3-5-15(12)20-14/h2-5,7,13H,1,6,8-10H2. The third-order valence-electron chi connectivity index (χ3n) is 4.67. The number of cyclic esters (lactones) is 1. The summed E-state index contributed by atoms with van der Waals surface area (Å²) in [6, 6.07) is 10.6. The minimum atomic E-state index is -0.335. The van der Waals surface area contributed by atoms with E-state index < -0.39 is 0 Å². The molecule has 2 heterocycles. The molecule has 4 rings (SSSR count). The van der Waals surface area contributed by atoms with Crippen LogP contribution in [-0.2, 0) is 16.0 Å². The Morgan fingerprint density at radius 3 is 3.10 bits per heavy atom. The summed E-state index contributed by atoms with van der Waals surface area (Å²) in [4.78, 5) is 13.6. The molecule has 102 valence electrons. The molecule has 0 radical (unpaired) electrons. The first-order valence-electron chi connectivity index (χ1n) is 6.99. The topological polar surface area (TPSA) is 26.3 Å². The number of hydrogen-bond donors (Lipinski definition) is 0. The second kappa shape index (κ2) is 4.19. The molecule has 2 aliphatic rings. The van der Waals surface area contributed by atoms with Crippen LogP contribution in [0.2, 0.25) is 0 Å². The number of hydrogen-bond acceptors (Lipinski definition) is 3. The van der Waals surface area contributed by atoms with E-state index in [1.165, 1.54) is 20.5 Å². The number of fused-ring (bicyclic) bond motifs is 2. The zero-order chi connectivity index (χ0) is 13.7. The lowest BCUT2D eigenvalue weighted by molar-refractivity contribution is -0.146. The number of esters is 1. The number of benzene rings is 1. The summed E-state index contributed by atoms with van der Waals surface area (Å²) in [5.41, 5.74) is 0.866. The molecule has 2 atom stereocenters. The third kappa shape index (κ3) is 1.66. The SMILES string of the molecule is C=C1CC2COC(=O)C2(Cc2cc3ccccc3s2)C1. The third-order valence-corrected chi connectivity index (χ3v) is 5.79. The highest BCUT2D eigenvalue weighted by Crippen LogP contribution is 2.53. The molecule has 1 saturated carbocycles. The molecule has 2 fully saturated rings. The van der Waals surface area contributed by atoms with Crippen LogP contribution in [0.15, 0.2) is 42.5 Å². The van der Waals surface area contributed by atoms with Crippen molar-refractivity contribution in [1.29, 1.82) is 0 Å². The van der Waals surface area contributed by atoms with Crippen LogP contribution >= 0.6 is 11.3 Å². The second-order valence-electron chi connectivity index (χ2n) is 6.01. The number of carbonyl (C=O) groups is 1. The van der Waals surface area contributed by atoms with Crippen LogP contribution in [0.3, 0.4) is 0 Å². The Labute approximate surface area is 122 Å². The first kappa shape index (κ1) is 12.2. The van der Waals surface area contributed by atoms with Gasteiger partial charge in [-0.15, -0.1) is 11.3 Å². The first-order valence-corrected chi connectivity index (χ1v) is 7.80. The highest BCUT2D eigenvalue weighted by molar-refractivity contribution is 7.19. The zero-order valence-corrected chi connectivity index (χ0v) is 12.0. The van der Waals surface area contributed by atoms with Crippen LogP contribution in [0.1, 0.15) is 17.7 Å². The monoisotopic (exact) mass is 284 g/mol. The van der Waals surface area contributed by atoms with Crippen molar-refractivity contribution in [2.75, 3.05) is 6.61 Å². The molecular formula is C17H16O2S.